The van der Waals surface area contributed by atoms with E-state index in [1.807, 2.05) is 39.8 Å². The van der Waals surface area contributed by atoms with Crippen molar-refractivity contribution in [1.82, 2.24) is 15.5 Å². The van der Waals surface area contributed by atoms with Crippen molar-refractivity contribution in [2.24, 2.45) is 11.8 Å². The van der Waals surface area contributed by atoms with E-state index in [9.17, 15) is 14.4 Å². The van der Waals surface area contributed by atoms with Crippen LogP contribution >= 0.6 is 0 Å². The average Bonchev–Trinajstić information content (AvgIpc) is 3.11. The molecule has 3 fully saturated rings. The second-order valence-electron chi connectivity index (χ2n) is 14.3. The monoisotopic (exact) mass is 760 g/mol. The van der Waals surface area contributed by atoms with E-state index in [2.05, 4.69) is 49.8 Å². The molecule has 3 rings (SSSR count). The van der Waals surface area contributed by atoms with Crippen molar-refractivity contribution in [3.05, 3.63) is 72.9 Å². The molecule has 0 radical (unpaired) electrons. The molecule has 0 aromatic heterocycles. The lowest BCUT2D eigenvalue weighted by Gasteiger charge is -2.39. The third-order valence-corrected chi connectivity index (χ3v) is 9.68. The minimum atomic E-state index is -0.617. The van der Waals surface area contributed by atoms with Crippen LogP contribution in [0.1, 0.15) is 95.9 Å². The number of aliphatic hydroxyl groups excluding tert-OH is 1. The molecule has 0 aromatic rings. The van der Waals surface area contributed by atoms with E-state index in [4.69, 9.17) is 24.1 Å². The van der Waals surface area contributed by atoms with Gasteiger partial charge in [0.2, 0.25) is 11.8 Å². The first-order chi connectivity index (χ1) is 24.6. The van der Waals surface area contributed by atoms with Crippen LogP contribution < -0.4 is 10.6 Å². The number of hydrogen-bond donors (Lipinski definition) is 3. The number of hydrogen-bond acceptors (Lipinski definition) is 8. The second-order valence-corrected chi connectivity index (χ2v) is 14.3. The molecule has 0 unspecified atom stereocenters. The predicted molar refractivity (Wildman–Crippen MR) is 219 cm³/mol. The topological polar surface area (TPSA) is 136 Å². The van der Waals surface area contributed by atoms with Crippen molar-refractivity contribution < 1.29 is 38.4 Å². The Morgan fingerprint density at radius 2 is 1.22 bits per heavy atom. The van der Waals surface area contributed by atoms with E-state index in [0.29, 0.717) is 38.1 Å². The molecular weight excluding hydrogens is 686 g/mol. The number of carbonyl (C=O) groups is 3. The van der Waals surface area contributed by atoms with Crippen LogP contribution in [0.15, 0.2) is 72.9 Å². The fraction of sp³-hybridized carbons (Fsp3) is 0.651. The molecular formula is C43H73N3O8. The molecule has 0 saturated carbocycles. The number of ether oxygens (including phenoxy) is 4. The van der Waals surface area contributed by atoms with E-state index in [1.165, 1.54) is 18.2 Å². The molecule has 3 aliphatic rings. The minimum Gasteiger partial charge on any atom is -0.442 e. The Morgan fingerprint density at radius 3 is 1.63 bits per heavy atom. The molecule has 10 atom stereocenters. The van der Waals surface area contributed by atoms with Crippen LogP contribution in [0.25, 0.3) is 0 Å². The van der Waals surface area contributed by atoms with Gasteiger partial charge in [-0.05, 0) is 85.1 Å². The van der Waals surface area contributed by atoms with Crippen molar-refractivity contribution in [2.75, 3.05) is 26.3 Å². The summed E-state index contributed by atoms with van der Waals surface area (Å²) >= 11 is 0. The molecule has 3 heterocycles. The molecule has 3 amide bonds. The SMILES string of the molecule is C.C.C=C/C(C)=C/C[C@@H]1O[C@H](C)[C@H](NC(=O)/C=C\[C@H](C)O)C[C@@H]1C.C=C/C(C)=C/C[C@@H]1O[C@H](C)[C@H](NC(=O)/C=C\[C@H](C)OC(=O)N2CCOCC2)C[C@@H]1C. The third-order valence-electron chi connectivity index (χ3n) is 9.68. The first kappa shape index (κ1) is 50.5. The number of allylic oxidation sites excluding steroid dienone is 4. The van der Waals surface area contributed by atoms with E-state index in [1.54, 1.807) is 24.8 Å². The predicted octanol–water partition coefficient (Wildman–Crippen LogP) is 7.24. The summed E-state index contributed by atoms with van der Waals surface area (Å²) in [7, 11) is 0. The van der Waals surface area contributed by atoms with Gasteiger partial charge in [-0.15, -0.1) is 0 Å². The van der Waals surface area contributed by atoms with E-state index in [0.717, 1.165) is 36.8 Å². The van der Waals surface area contributed by atoms with Gasteiger partial charge in [-0.3, -0.25) is 9.59 Å². The van der Waals surface area contributed by atoms with Gasteiger partial charge in [-0.25, -0.2) is 4.79 Å². The van der Waals surface area contributed by atoms with Gasteiger partial charge in [0.05, 0.1) is 55.8 Å². The van der Waals surface area contributed by atoms with Crippen molar-refractivity contribution in [3.63, 3.8) is 0 Å². The second kappa shape index (κ2) is 26.3. The first-order valence-corrected chi connectivity index (χ1v) is 18.7. The van der Waals surface area contributed by atoms with Gasteiger partial charge in [0.1, 0.15) is 6.10 Å². The number of aliphatic hydroxyl groups is 1. The van der Waals surface area contributed by atoms with Crippen LogP contribution in [0, 0.1) is 11.8 Å². The number of rotatable bonds is 13. The molecule has 0 aliphatic carbocycles. The molecule has 0 aromatic carbocycles. The van der Waals surface area contributed by atoms with E-state index in [-0.39, 0.29) is 69.3 Å². The van der Waals surface area contributed by atoms with Gasteiger partial charge in [0.25, 0.3) is 0 Å². The van der Waals surface area contributed by atoms with Crippen molar-refractivity contribution >= 4 is 17.9 Å². The van der Waals surface area contributed by atoms with E-state index >= 15 is 0 Å². The summed E-state index contributed by atoms with van der Waals surface area (Å²) in [5.74, 6) is 0.307. The summed E-state index contributed by atoms with van der Waals surface area (Å²) < 4.78 is 22.8. The van der Waals surface area contributed by atoms with Crippen LogP contribution in [-0.2, 0) is 28.5 Å². The highest BCUT2D eigenvalue weighted by Gasteiger charge is 2.34. The van der Waals surface area contributed by atoms with Gasteiger partial charge >= 0.3 is 6.09 Å². The quantitative estimate of drug-likeness (QED) is 0.132. The standard InChI is InChI=1S/C23H36N2O5.C18H29NO3.2CH4/c1-6-16(2)7-9-21-17(3)15-20(19(5)30-21)24-22(26)10-8-18(4)29-23(27)25-11-13-28-14-12-25;1-6-12(2)7-9-17-13(3)11-16(15(5)22-17)19-18(21)10-8-14(4)20;;/h6-8,10,17-21H,1,9,11-15H2,2-5H3,(H,24,26);6-8,10,13-17,20H,1,9,11H2,2-5H3,(H,19,21);2*1H4/b10-8-,16-7+;10-8-,12-7+;;/t17-,18-,19+,20+,21-;13-,14-,15+,16+,17-;;/m00../s1. The third kappa shape index (κ3) is 18.7. The largest absolute Gasteiger partial charge is 0.442 e. The Morgan fingerprint density at radius 1 is 0.796 bits per heavy atom. The maximum atomic E-state index is 12.3. The molecule has 308 valence electrons. The van der Waals surface area contributed by atoms with Crippen LogP contribution in [0.2, 0.25) is 0 Å². The zero-order chi connectivity index (χ0) is 38.8. The number of carbonyl (C=O) groups excluding carboxylic acids is 3. The van der Waals surface area contributed by atoms with Gasteiger partial charge in [-0.2, -0.15) is 0 Å². The highest BCUT2D eigenvalue weighted by Crippen LogP contribution is 2.29. The average molecular weight is 760 g/mol. The molecule has 11 heteroatoms. The molecule has 3 N–H and O–H groups in total. The molecule has 3 saturated heterocycles. The molecule has 0 bridgehead atoms. The molecule has 3 aliphatic heterocycles. The maximum absolute atomic E-state index is 12.3. The Bertz CT molecular complexity index is 1290. The van der Waals surface area contributed by atoms with Gasteiger partial charge in [0.15, 0.2) is 0 Å². The van der Waals surface area contributed by atoms with Crippen molar-refractivity contribution in [1.29, 1.82) is 0 Å². The summed E-state index contributed by atoms with van der Waals surface area (Å²) in [4.78, 5) is 37.9. The van der Waals surface area contributed by atoms with Gasteiger partial charge in [-0.1, -0.05) is 83.4 Å². The molecule has 11 nitrogen and oxygen atoms in total. The Balaban J connectivity index is 0.00000105. The number of nitrogens with zero attached hydrogens (tertiary/aromatic N) is 1. The van der Waals surface area contributed by atoms with Crippen LogP contribution in [0.3, 0.4) is 0 Å². The Kier molecular flexibility index (Phi) is 24.6. The lowest BCUT2D eigenvalue weighted by atomic mass is 9.88. The summed E-state index contributed by atoms with van der Waals surface area (Å²) in [6.07, 6.45) is 16.0. The zero-order valence-electron chi connectivity index (χ0n) is 32.7. The summed E-state index contributed by atoms with van der Waals surface area (Å²) in [5.41, 5.74) is 2.30. The lowest BCUT2D eigenvalue weighted by Crippen LogP contribution is -2.50. The summed E-state index contributed by atoms with van der Waals surface area (Å²) in [6.45, 7) is 25.3. The van der Waals surface area contributed by atoms with Crippen LogP contribution in [0.5, 0.6) is 0 Å². The van der Waals surface area contributed by atoms with Gasteiger partial charge in [0, 0.05) is 25.2 Å². The minimum absolute atomic E-state index is 0. The van der Waals surface area contributed by atoms with Crippen LogP contribution in [-0.4, -0.2) is 103 Å². The van der Waals surface area contributed by atoms with Crippen LogP contribution in [0.4, 0.5) is 4.79 Å². The van der Waals surface area contributed by atoms with Crippen molar-refractivity contribution in [2.45, 2.75) is 145 Å². The molecule has 0 spiro atoms. The maximum Gasteiger partial charge on any atom is 0.410 e. The van der Waals surface area contributed by atoms with Crippen molar-refractivity contribution in [3.8, 4) is 0 Å². The fourth-order valence-corrected chi connectivity index (χ4v) is 6.13. The lowest BCUT2D eigenvalue weighted by molar-refractivity contribution is -0.124. The first-order valence-electron chi connectivity index (χ1n) is 18.7. The summed E-state index contributed by atoms with van der Waals surface area (Å²) in [6, 6.07) is -0.0500. The highest BCUT2D eigenvalue weighted by molar-refractivity contribution is 5.88. The summed E-state index contributed by atoms with van der Waals surface area (Å²) in [5, 5.41) is 15.1. The highest BCUT2D eigenvalue weighted by atomic mass is 16.6. The number of amides is 3. The number of morpholine rings is 1. The smallest absolute Gasteiger partial charge is 0.410 e. The fourth-order valence-electron chi connectivity index (χ4n) is 6.13. The molecule has 54 heavy (non-hydrogen) atoms. The number of nitrogens with one attached hydrogen (secondary N) is 2. The van der Waals surface area contributed by atoms with E-state index < -0.39 is 12.2 Å². The Labute approximate surface area is 327 Å². The Hall–Kier alpha value is -3.51. The normalized spacial score (nSPS) is 28.6. The zero-order valence-corrected chi connectivity index (χ0v) is 32.7. The van der Waals surface area contributed by atoms with Gasteiger partial charge < -0.3 is 39.6 Å².